The van der Waals surface area contributed by atoms with Crippen LogP contribution in [0.25, 0.3) is 10.9 Å². The van der Waals surface area contributed by atoms with Gasteiger partial charge < -0.3 is 10.3 Å². The van der Waals surface area contributed by atoms with Crippen molar-refractivity contribution in [1.29, 1.82) is 0 Å². The Morgan fingerprint density at radius 3 is 2.76 bits per heavy atom. The van der Waals surface area contributed by atoms with Crippen molar-refractivity contribution in [3.8, 4) is 0 Å². The summed E-state index contributed by atoms with van der Waals surface area (Å²) in [6.45, 7) is 6.67. The van der Waals surface area contributed by atoms with Crippen molar-refractivity contribution in [2.45, 2.75) is 32.7 Å². The van der Waals surface area contributed by atoms with E-state index in [9.17, 15) is 14.9 Å². The van der Waals surface area contributed by atoms with Crippen molar-refractivity contribution < 1.29 is 4.92 Å². The lowest BCUT2D eigenvalue weighted by Gasteiger charge is -2.21. The van der Waals surface area contributed by atoms with Crippen molar-refractivity contribution in [3.63, 3.8) is 0 Å². The van der Waals surface area contributed by atoms with Crippen molar-refractivity contribution in [2.24, 2.45) is 0 Å². The molecule has 21 heavy (non-hydrogen) atoms. The number of hydrogen-bond donors (Lipinski definition) is 2. The van der Waals surface area contributed by atoms with Crippen LogP contribution in [0.15, 0.2) is 23.3 Å². The first-order valence-electron chi connectivity index (χ1n) is 6.84. The second kappa shape index (κ2) is 6.01. The molecule has 2 rings (SSSR count). The fourth-order valence-electron chi connectivity index (χ4n) is 2.41. The van der Waals surface area contributed by atoms with Crippen LogP contribution in [-0.4, -0.2) is 27.5 Å². The Balaban J connectivity index is 2.64. The molecule has 0 radical (unpaired) electrons. The minimum absolute atomic E-state index is 0.0433. The van der Waals surface area contributed by atoms with Gasteiger partial charge in [-0.05, 0) is 19.5 Å². The average Bonchev–Trinajstić information content (AvgIpc) is 2.45. The molecule has 0 fully saturated rings. The highest BCUT2D eigenvalue weighted by atomic mass is 16.6. The molecule has 2 unspecified atom stereocenters. The Morgan fingerprint density at radius 1 is 1.43 bits per heavy atom. The molecule has 0 aliphatic rings. The van der Waals surface area contributed by atoms with Gasteiger partial charge in [-0.25, -0.2) is 4.98 Å². The molecule has 0 saturated heterocycles. The van der Waals surface area contributed by atoms with Crippen LogP contribution in [0.3, 0.4) is 0 Å². The fraction of sp³-hybridized carbons (Fsp3) is 0.429. The third kappa shape index (κ3) is 2.92. The number of nitro groups is 1. The summed E-state index contributed by atoms with van der Waals surface area (Å²) >= 11 is 0. The molecule has 0 saturated carbocycles. The van der Waals surface area contributed by atoms with Gasteiger partial charge in [0.2, 0.25) is 0 Å². The number of benzene rings is 1. The van der Waals surface area contributed by atoms with E-state index in [1.165, 1.54) is 12.4 Å². The maximum absolute atomic E-state index is 11.7. The summed E-state index contributed by atoms with van der Waals surface area (Å²) < 4.78 is 0. The van der Waals surface area contributed by atoms with Gasteiger partial charge in [0.15, 0.2) is 0 Å². The first-order valence-corrected chi connectivity index (χ1v) is 6.84. The molecule has 1 heterocycles. The molecule has 7 nitrogen and oxygen atoms in total. The number of aromatic nitrogens is 2. The maximum Gasteiger partial charge on any atom is 0.273 e. The van der Waals surface area contributed by atoms with Crippen LogP contribution < -0.4 is 10.9 Å². The first-order chi connectivity index (χ1) is 9.95. The van der Waals surface area contributed by atoms with E-state index in [2.05, 4.69) is 15.3 Å². The van der Waals surface area contributed by atoms with Gasteiger partial charge in [-0.1, -0.05) is 13.8 Å². The summed E-state index contributed by atoms with van der Waals surface area (Å²) in [5.74, 6) is -0.0733. The fourth-order valence-corrected chi connectivity index (χ4v) is 2.41. The number of hydrogen-bond acceptors (Lipinski definition) is 5. The molecule has 2 N–H and O–H groups in total. The van der Waals surface area contributed by atoms with Gasteiger partial charge in [-0.3, -0.25) is 14.9 Å². The number of fused-ring (bicyclic) bond motifs is 1. The number of nitrogens with one attached hydrogen (secondary N) is 2. The van der Waals surface area contributed by atoms with Gasteiger partial charge >= 0.3 is 0 Å². The van der Waals surface area contributed by atoms with Gasteiger partial charge in [0.1, 0.15) is 0 Å². The number of nitro benzene ring substituents is 1. The standard InChI is InChI=1S/C14H18N4O3/c1-4-15-9(3)8(2)10-5-12-11(6-13(10)18(20)21)14(19)17-7-16-12/h5-9,15H,4H2,1-3H3,(H,16,17,19). The molecule has 2 aromatic rings. The predicted octanol–water partition coefficient (Wildman–Crippen LogP) is 1.93. The Bertz CT molecular complexity index is 726. The van der Waals surface area contributed by atoms with Crippen LogP contribution in [0.2, 0.25) is 0 Å². The molecule has 0 spiro atoms. The zero-order valence-corrected chi connectivity index (χ0v) is 12.2. The van der Waals surface area contributed by atoms with Crippen LogP contribution in [0.5, 0.6) is 0 Å². The largest absolute Gasteiger partial charge is 0.314 e. The Hall–Kier alpha value is -2.28. The monoisotopic (exact) mass is 290 g/mol. The maximum atomic E-state index is 11.7. The summed E-state index contributed by atoms with van der Waals surface area (Å²) in [5, 5.41) is 14.8. The molecule has 112 valence electrons. The third-order valence-corrected chi connectivity index (χ3v) is 3.75. The average molecular weight is 290 g/mol. The predicted molar refractivity (Wildman–Crippen MR) is 80.6 cm³/mol. The van der Waals surface area contributed by atoms with Gasteiger partial charge in [-0.15, -0.1) is 0 Å². The topological polar surface area (TPSA) is 101 Å². The smallest absolute Gasteiger partial charge is 0.273 e. The first kappa shape index (κ1) is 15.1. The van der Waals surface area contributed by atoms with E-state index >= 15 is 0 Å². The molecule has 1 aromatic carbocycles. The van der Waals surface area contributed by atoms with Gasteiger partial charge in [-0.2, -0.15) is 0 Å². The van der Waals surface area contributed by atoms with Gasteiger partial charge in [0.25, 0.3) is 11.2 Å². The minimum Gasteiger partial charge on any atom is -0.314 e. The highest BCUT2D eigenvalue weighted by Gasteiger charge is 2.24. The molecule has 1 aromatic heterocycles. The molecular weight excluding hydrogens is 272 g/mol. The highest BCUT2D eigenvalue weighted by molar-refractivity contribution is 5.81. The van der Waals surface area contributed by atoms with Gasteiger partial charge in [0.05, 0.1) is 22.2 Å². The van der Waals surface area contributed by atoms with E-state index in [-0.39, 0.29) is 28.6 Å². The molecular formula is C14H18N4O3. The van der Waals surface area contributed by atoms with Crippen LogP contribution in [0.1, 0.15) is 32.3 Å². The SMILES string of the molecule is CCNC(C)C(C)c1cc2nc[nH]c(=O)c2cc1[N+](=O)[O-]. The van der Waals surface area contributed by atoms with E-state index in [0.717, 1.165) is 6.54 Å². The zero-order chi connectivity index (χ0) is 15.6. The van der Waals surface area contributed by atoms with E-state index < -0.39 is 4.92 Å². The Morgan fingerprint density at radius 2 is 2.14 bits per heavy atom. The minimum atomic E-state index is -0.448. The third-order valence-electron chi connectivity index (χ3n) is 3.75. The van der Waals surface area contributed by atoms with Gasteiger partial charge in [0, 0.05) is 23.6 Å². The van der Waals surface area contributed by atoms with Crippen molar-refractivity contribution in [2.75, 3.05) is 6.54 Å². The highest BCUT2D eigenvalue weighted by Crippen LogP contribution is 2.31. The molecule has 7 heteroatoms. The van der Waals surface area contributed by atoms with Crippen molar-refractivity contribution in [1.82, 2.24) is 15.3 Å². The van der Waals surface area contributed by atoms with E-state index in [4.69, 9.17) is 0 Å². The second-order valence-corrected chi connectivity index (χ2v) is 5.05. The lowest BCUT2D eigenvalue weighted by Crippen LogP contribution is -2.31. The lowest BCUT2D eigenvalue weighted by atomic mass is 9.92. The Kier molecular flexibility index (Phi) is 4.32. The van der Waals surface area contributed by atoms with Crippen molar-refractivity contribution >= 4 is 16.6 Å². The van der Waals surface area contributed by atoms with Crippen molar-refractivity contribution in [3.05, 3.63) is 44.5 Å². The number of H-pyrrole nitrogens is 1. The molecule has 0 aliphatic carbocycles. The van der Waals surface area contributed by atoms with E-state index in [0.29, 0.717) is 11.1 Å². The Labute approximate surface area is 121 Å². The van der Waals surface area contributed by atoms with Crippen LogP contribution in [0.4, 0.5) is 5.69 Å². The normalized spacial score (nSPS) is 14.0. The van der Waals surface area contributed by atoms with Crippen LogP contribution in [0, 0.1) is 10.1 Å². The van der Waals surface area contributed by atoms with Crippen LogP contribution >= 0.6 is 0 Å². The summed E-state index contributed by atoms with van der Waals surface area (Å²) in [5.41, 5.74) is 0.634. The van der Waals surface area contributed by atoms with E-state index in [1.54, 1.807) is 6.07 Å². The summed E-state index contributed by atoms with van der Waals surface area (Å²) in [7, 11) is 0. The number of nitrogens with zero attached hydrogens (tertiary/aromatic N) is 2. The van der Waals surface area contributed by atoms with Crippen LogP contribution in [-0.2, 0) is 0 Å². The second-order valence-electron chi connectivity index (χ2n) is 5.05. The molecule has 2 atom stereocenters. The quantitative estimate of drug-likeness (QED) is 0.647. The molecule has 0 bridgehead atoms. The molecule has 0 amide bonds. The number of rotatable bonds is 5. The summed E-state index contributed by atoms with van der Waals surface area (Å²) in [6.07, 6.45) is 1.30. The summed E-state index contributed by atoms with van der Waals surface area (Å²) in [6, 6.07) is 3.03. The molecule has 0 aliphatic heterocycles. The zero-order valence-electron chi connectivity index (χ0n) is 12.2. The number of aromatic amines is 1. The summed E-state index contributed by atoms with van der Waals surface area (Å²) in [4.78, 5) is 29.1. The lowest BCUT2D eigenvalue weighted by molar-refractivity contribution is -0.385. The number of likely N-dealkylation sites (N-methyl/N-ethyl adjacent to an activating group) is 1. The van der Waals surface area contributed by atoms with E-state index in [1.807, 2.05) is 20.8 Å².